The molecule has 1 aromatic heterocycles. The van der Waals surface area contributed by atoms with Gasteiger partial charge in [-0.2, -0.15) is 0 Å². The number of nitrogens with zero attached hydrogens (tertiary/aromatic N) is 3. The van der Waals surface area contributed by atoms with Gasteiger partial charge in [0, 0.05) is 17.8 Å². The Balaban J connectivity index is 1.54. The zero-order chi connectivity index (χ0) is 18.5. The van der Waals surface area contributed by atoms with Crippen LogP contribution in [0.25, 0.3) is 0 Å². The van der Waals surface area contributed by atoms with Gasteiger partial charge in [0.05, 0.1) is 19.0 Å². The Labute approximate surface area is 162 Å². The number of hydrogen-bond donors (Lipinski definition) is 2. The van der Waals surface area contributed by atoms with Crippen LogP contribution in [-0.4, -0.2) is 52.7 Å². The number of aryl methyl sites for hydroxylation is 1. The first-order valence-corrected chi connectivity index (χ1v) is 9.87. The van der Waals surface area contributed by atoms with Gasteiger partial charge in [0.1, 0.15) is 19.6 Å². The molecule has 2 aromatic rings. The number of carbonyl (C=O) groups is 1. The Morgan fingerprint density at radius 1 is 1.38 bits per heavy atom. The Morgan fingerprint density at radius 3 is 2.92 bits per heavy atom. The molecule has 0 saturated carbocycles. The molecule has 1 aromatic carbocycles. The lowest BCUT2D eigenvalue weighted by Gasteiger charge is -2.23. The lowest BCUT2D eigenvalue weighted by Crippen LogP contribution is -3.12. The lowest BCUT2D eigenvalue weighted by molar-refractivity contribution is -0.922. The van der Waals surface area contributed by atoms with E-state index in [1.54, 1.807) is 12.1 Å². The Hall–Kier alpha value is -1.61. The fourth-order valence-electron chi connectivity index (χ4n) is 2.73. The van der Waals surface area contributed by atoms with Gasteiger partial charge in [-0.1, -0.05) is 29.4 Å². The molecule has 9 heteroatoms. The average molecular weight is 397 g/mol. The van der Waals surface area contributed by atoms with Gasteiger partial charge in [-0.25, -0.2) is 0 Å². The predicted molar refractivity (Wildman–Crippen MR) is 102 cm³/mol. The number of morpholine rings is 1. The largest absolute Gasteiger partial charge is 0.370 e. The van der Waals surface area contributed by atoms with Crippen LogP contribution in [0.3, 0.4) is 0 Å². The summed E-state index contributed by atoms with van der Waals surface area (Å²) in [4.78, 5) is 13.7. The minimum Gasteiger partial charge on any atom is -0.370 e. The maximum atomic E-state index is 12.2. The van der Waals surface area contributed by atoms with Crippen molar-refractivity contribution in [1.82, 2.24) is 14.8 Å². The molecule has 0 radical (unpaired) electrons. The van der Waals surface area contributed by atoms with Crippen LogP contribution in [0.2, 0.25) is 5.02 Å². The summed E-state index contributed by atoms with van der Waals surface area (Å²) in [6.07, 6.45) is 0. The van der Waals surface area contributed by atoms with E-state index < -0.39 is 0 Å². The molecule has 3 rings (SSSR count). The zero-order valence-electron chi connectivity index (χ0n) is 14.9. The van der Waals surface area contributed by atoms with Crippen LogP contribution in [-0.2, 0) is 23.1 Å². The predicted octanol–water partition coefficient (Wildman–Crippen LogP) is 0.923. The van der Waals surface area contributed by atoms with E-state index in [4.69, 9.17) is 16.3 Å². The molecular formula is C17H23ClN5O2S+. The summed E-state index contributed by atoms with van der Waals surface area (Å²) in [7, 11) is 1.94. The first-order chi connectivity index (χ1) is 12.5. The summed E-state index contributed by atoms with van der Waals surface area (Å²) in [5.41, 5.74) is 1.71. The number of amides is 1. The molecule has 0 atom stereocenters. The van der Waals surface area contributed by atoms with Gasteiger partial charge in [-0.15, -0.1) is 10.2 Å². The van der Waals surface area contributed by atoms with E-state index >= 15 is 0 Å². The van der Waals surface area contributed by atoms with Crippen molar-refractivity contribution in [2.24, 2.45) is 7.05 Å². The van der Waals surface area contributed by atoms with Gasteiger partial charge in [-0.05, 0) is 24.6 Å². The molecule has 2 N–H and O–H groups in total. The van der Waals surface area contributed by atoms with E-state index in [-0.39, 0.29) is 11.7 Å². The van der Waals surface area contributed by atoms with E-state index in [0.717, 1.165) is 55.1 Å². The molecule has 0 spiro atoms. The minimum absolute atomic E-state index is 0.0938. The van der Waals surface area contributed by atoms with Crippen molar-refractivity contribution < 1.29 is 14.4 Å². The van der Waals surface area contributed by atoms with Crippen molar-refractivity contribution in [3.63, 3.8) is 0 Å². The summed E-state index contributed by atoms with van der Waals surface area (Å²) >= 11 is 7.37. The maximum Gasteiger partial charge on any atom is 0.234 e. The standard InChI is InChI=1S/C17H22ClN5O2S/c1-12-3-4-13(18)9-14(12)19-16(24)11-26-17-21-20-15(22(17)2)10-23-5-7-25-8-6-23/h3-4,9H,5-8,10-11H2,1-2H3,(H,19,24)/p+1. The second-order valence-electron chi connectivity index (χ2n) is 6.29. The van der Waals surface area contributed by atoms with Crippen LogP contribution in [0.15, 0.2) is 23.4 Å². The first-order valence-electron chi connectivity index (χ1n) is 8.51. The Morgan fingerprint density at radius 2 is 2.15 bits per heavy atom. The number of thioether (sulfide) groups is 1. The second kappa shape index (κ2) is 8.85. The molecule has 0 bridgehead atoms. The maximum absolute atomic E-state index is 12.2. The smallest absolute Gasteiger partial charge is 0.234 e. The quantitative estimate of drug-likeness (QED) is 0.710. The third kappa shape index (κ3) is 4.97. The molecule has 140 valence electrons. The van der Waals surface area contributed by atoms with Crippen molar-refractivity contribution in [2.75, 3.05) is 37.4 Å². The number of carbonyl (C=O) groups excluding carboxylic acids is 1. The summed E-state index contributed by atoms with van der Waals surface area (Å²) in [6.45, 7) is 6.30. The SMILES string of the molecule is Cc1ccc(Cl)cc1NC(=O)CSc1nnc(C[NH+]2CCOCC2)n1C. The highest BCUT2D eigenvalue weighted by molar-refractivity contribution is 7.99. The minimum atomic E-state index is -0.0938. The number of aromatic nitrogens is 3. The normalized spacial score (nSPS) is 15.2. The molecule has 26 heavy (non-hydrogen) atoms. The van der Waals surface area contributed by atoms with Crippen molar-refractivity contribution in [3.05, 3.63) is 34.6 Å². The Kier molecular flexibility index (Phi) is 6.53. The van der Waals surface area contributed by atoms with Crippen molar-refractivity contribution >= 4 is 35.0 Å². The zero-order valence-corrected chi connectivity index (χ0v) is 16.5. The van der Waals surface area contributed by atoms with Crippen LogP contribution in [0.1, 0.15) is 11.4 Å². The third-order valence-corrected chi connectivity index (χ3v) is 5.59. The van der Waals surface area contributed by atoms with E-state index in [9.17, 15) is 4.79 Å². The highest BCUT2D eigenvalue weighted by Gasteiger charge is 2.19. The average Bonchev–Trinajstić information content (AvgIpc) is 2.97. The first kappa shape index (κ1) is 19.2. The summed E-state index contributed by atoms with van der Waals surface area (Å²) in [6, 6.07) is 5.44. The van der Waals surface area contributed by atoms with Crippen LogP contribution in [0.5, 0.6) is 0 Å². The number of quaternary nitrogens is 1. The highest BCUT2D eigenvalue weighted by Crippen LogP contribution is 2.21. The molecular weight excluding hydrogens is 374 g/mol. The molecule has 1 aliphatic heterocycles. The number of ether oxygens (including phenoxy) is 1. The molecule has 7 nitrogen and oxygen atoms in total. The number of nitrogens with one attached hydrogen (secondary N) is 2. The van der Waals surface area contributed by atoms with E-state index in [1.807, 2.05) is 24.6 Å². The summed E-state index contributed by atoms with van der Waals surface area (Å²) in [5.74, 6) is 1.10. The second-order valence-corrected chi connectivity index (χ2v) is 7.67. The number of rotatable bonds is 6. The van der Waals surface area contributed by atoms with Crippen molar-refractivity contribution in [1.29, 1.82) is 0 Å². The highest BCUT2D eigenvalue weighted by atomic mass is 35.5. The number of anilines is 1. The molecule has 1 amide bonds. The number of hydrogen-bond acceptors (Lipinski definition) is 5. The number of halogens is 1. The molecule has 1 fully saturated rings. The van der Waals surface area contributed by atoms with Gasteiger partial charge in [0.25, 0.3) is 0 Å². The van der Waals surface area contributed by atoms with Crippen LogP contribution < -0.4 is 10.2 Å². The topological polar surface area (TPSA) is 73.5 Å². The fraction of sp³-hybridized carbons (Fsp3) is 0.471. The van der Waals surface area contributed by atoms with E-state index in [2.05, 4.69) is 15.5 Å². The van der Waals surface area contributed by atoms with Gasteiger partial charge in [0.2, 0.25) is 5.91 Å². The summed E-state index contributed by atoms with van der Waals surface area (Å²) < 4.78 is 7.35. The summed E-state index contributed by atoms with van der Waals surface area (Å²) in [5, 5.41) is 12.7. The number of benzene rings is 1. The van der Waals surface area contributed by atoms with Crippen LogP contribution >= 0.6 is 23.4 Å². The molecule has 1 aliphatic rings. The fourth-order valence-corrected chi connectivity index (χ4v) is 3.63. The van der Waals surface area contributed by atoms with Gasteiger partial charge in [-0.3, -0.25) is 4.79 Å². The third-order valence-electron chi connectivity index (χ3n) is 4.34. The van der Waals surface area contributed by atoms with Gasteiger partial charge < -0.3 is 19.5 Å². The van der Waals surface area contributed by atoms with E-state index in [0.29, 0.717) is 5.02 Å². The van der Waals surface area contributed by atoms with E-state index in [1.165, 1.54) is 16.7 Å². The van der Waals surface area contributed by atoms with Gasteiger partial charge in [0.15, 0.2) is 11.0 Å². The van der Waals surface area contributed by atoms with Crippen molar-refractivity contribution in [2.45, 2.75) is 18.6 Å². The van der Waals surface area contributed by atoms with Gasteiger partial charge >= 0.3 is 0 Å². The van der Waals surface area contributed by atoms with Crippen molar-refractivity contribution in [3.8, 4) is 0 Å². The molecule has 0 aliphatic carbocycles. The molecule has 0 unspecified atom stereocenters. The van der Waals surface area contributed by atoms with Crippen LogP contribution in [0, 0.1) is 6.92 Å². The molecule has 1 saturated heterocycles. The Bertz CT molecular complexity index is 777. The monoisotopic (exact) mass is 396 g/mol. The van der Waals surface area contributed by atoms with Crippen LogP contribution in [0.4, 0.5) is 5.69 Å². The lowest BCUT2D eigenvalue weighted by atomic mass is 10.2. The molecule has 2 heterocycles.